The van der Waals surface area contributed by atoms with Gasteiger partial charge in [-0.3, -0.25) is 4.79 Å². The van der Waals surface area contributed by atoms with Gasteiger partial charge in [0.05, 0.1) is 11.9 Å². The summed E-state index contributed by atoms with van der Waals surface area (Å²) >= 11 is 5.88. The number of hydrogen-bond acceptors (Lipinski definition) is 5. The van der Waals surface area contributed by atoms with Crippen LogP contribution in [0.25, 0.3) is 5.69 Å². The SMILES string of the molecule is CC(OC(=O)c1cnn(-c2ccccc2)n1)C(=O)c1cccc(Cl)c1. The van der Waals surface area contributed by atoms with Crippen LogP contribution in [0.2, 0.25) is 5.02 Å². The van der Waals surface area contributed by atoms with Gasteiger partial charge in [0, 0.05) is 10.6 Å². The van der Waals surface area contributed by atoms with Gasteiger partial charge in [-0.2, -0.15) is 9.90 Å². The van der Waals surface area contributed by atoms with E-state index in [9.17, 15) is 9.59 Å². The van der Waals surface area contributed by atoms with Crippen molar-refractivity contribution < 1.29 is 14.3 Å². The van der Waals surface area contributed by atoms with E-state index in [1.807, 2.05) is 18.2 Å². The molecule has 0 bridgehead atoms. The molecule has 3 rings (SSSR count). The van der Waals surface area contributed by atoms with Crippen LogP contribution in [0.5, 0.6) is 0 Å². The zero-order valence-corrected chi connectivity index (χ0v) is 14.1. The van der Waals surface area contributed by atoms with Crippen LogP contribution in [0.15, 0.2) is 60.8 Å². The van der Waals surface area contributed by atoms with E-state index in [2.05, 4.69) is 10.2 Å². The highest BCUT2D eigenvalue weighted by Gasteiger charge is 2.22. The molecule has 0 aliphatic carbocycles. The molecular formula is C18H14ClN3O3. The Kier molecular flexibility index (Phi) is 4.90. The first-order valence-corrected chi connectivity index (χ1v) is 7.91. The van der Waals surface area contributed by atoms with Crippen molar-refractivity contribution in [2.75, 3.05) is 0 Å². The lowest BCUT2D eigenvalue weighted by Crippen LogP contribution is -2.24. The molecule has 6 nitrogen and oxygen atoms in total. The van der Waals surface area contributed by atoms with Gasteiger partial charge in [0.15, 0.2) is 11.8 Å². The number of nitrogens with zero attached hydrogens (tertiary/aromatic N) is 3. The molecule has 1 unspecified atom stereocenters. The van der Waals surface area contributed by atoms with Crippen molar-refractivity contribution in [2.45, 2.75) is 13.0 Å². The van der Waals surface area contributed by atoms with Gasteiger partial charge in [-0.15, -0.1) is 5.10 Å². The predicted octanol–water partition coefficient (Wildman–Crippen LogP) is 3.35. The third-order valence-corrected chi connectivity index (χ3v) is 3.69. The second-order valence-electron chi connectivity index (χ2n) is 5.28. The number of ether oxygens (including phenoxy) is 1. The molecule has 3 aromatic rings. The molecule has 1 atom stereocenters. The average Bonchev–Trinajstić information content (AvgIpc) is 3.12. The second kappa shape index (κ2) is 7.27. The topological polar surface area (TPSA) is 74.1 Å². The van der Waals surface area contributed by atoms with Crippen LogP contribution < -0.4 is 0 Å². The molecule has 0 fully saturated rings. The van der Waals surface area contributed by atoms with E-state index in [0.29, 0.717) is 16.3 Å². The number of para-hydroxylation sites is 1. The fraction of sp³-hybridized carbons (Fsp3) is 0.111. The zero-order chi connectivity index (χ0) is 17.8. The van der Waals surface area contributed by atoms with E-state index in [4.69, 9.17) is 16.3 Å². The molecule has 0 radical (unpaired) electrons. The largest absolute Gasteiger partial charge is 0.449 e. The summed E-state index contributed by atoms with van der Waals surface area (Å²) in [5.41, 5.74) is 1.11. The summed E-state index contributed by atoms with van der Waals surface area (Å²) < 4.78 is 5.19. The first kappa shape index (κ1) is 16.9. The Labute approximate surface area is 149 Å². The van der Waals surface area contributed by atoms with Gasteiger partial charge in [-0.05, 0) is 31.2 Å². The van der Waals surface area contributed by atoms with Gasteiger partial charge in [0.1, 0.15) is 0 Å². The Balaban J connectivity index is 1.70. The molecule has 0 N–H and O–H groups in total. The zero-order valence-electron chi connectivity index (χ0n) is 13.3. The van der Waals surface area contributed by atoms with Crippen LogP contribution in [-0.2, 0) is 4.74 Å². The maximum Gasteiger partial charge on any atom is 0.361 e. The van der Waals surface area contributed by atoms with Crippen LogP contribution in [0.1, 0.15) is 27.8 Å². The van der Waals surface area contributed by atoms with E-state index in [0.717, 1.165) is 0 Å². The van der Waals surface area contributed by atoms with Crippen molar-refractivity contribution >= 4 is 23.4 Å². The minimum atomic E-state index is -0.965. The number of esters is 1. The lowest BCUT2D eigenvalue weighted by molar-refractivity contribution is 0.0312. The first-order chi connectivity index (χ1) is 12.0. The second-order valence-corrected chi connectivity index (χ2v) is 5.71. The highest BCUT2D eigenvalue weighted by atomic mass is 35.5. The number of rotatable bonds is 5. The number of halogens is 1. The van der Waals surface area contributed by atoms with Gasteiger partial charge in [-0.1, -0.05) is 41.9 Å². The molecule has 0 amide bonds. The molecule has 2 aromatic carbocycles. The summed E-state index contributed by atoms with van der Waals surface area (Å²) in [4.78, 5) is 25.8. The third-order valence-electron chi connectivity index (χ3n) is 3.45. The summed E-state index contributed by atoms with van der Waals surface area (Å²) in [7, 11) is 0. The number of benzene rings is 2. The van der Waals surface area contributed by atoms with Crippen LogP contribution in [0.3, 0.4) is 0 Å². The van der Waals surface area contributed by atoms with Crippen molar-refractivity contribution in [3.05, 3.63) is 77.1 Å². The van der Waals surface area contributed by atoms with Crippen molar-refractivity contribution in [3.63, 3.8) is 0 Å². The quantitative estimate of drug-likeness (QED) is 0.518. The summed E-state index contributed by atoms with van der Waals surface area (Å²) in [6.07, 6.45) is 0.333. The number of Topliss-reactive ketones (excluding diaryl/α,β-unsaturated/α-hetero) is 1. The lowest BCUT2D eigenvalue weighted by Gasteiger charge is -2.11. The minimum Gasteiger partial charge on any atom is -0.449 e. The van der Waals surface area contributed by atoms with Gasteiger partial charge >= 0.3 is 5.97 Å². The Bertz CT molecular complexity index is 909. The van der Waals surface area contributed by atoms with Gasteiger partial charge in [0.25, 0.3) is 0 Å². The average molecular weight is 356 g/mol. The van der Waals surface area contributed by atoms with Crippen molar-refractivity contribution in [3.8, 4) is 5.69 Å². The number of hydrogen-bond donors (Lipinski definition) is 0. The number of aromatic nitrogens is 3. The van der Waals surface area contributed by atoms with Gasteiger partial charge in [-0.25, -0.2) is 4.79 Å². The maximum atomic E-state index is 12.3. The molecule has 0 aliphatic heterocycles. The fourth-order valence-corrected chi connectivity index (χ4v) is 2.38. The van der Waals surface area contributed by atoms with Crippen molar-refractivity contribution in [1.82, 2.24) is 15.0 Å². The molecule has 0 saturated carbocycles. The highest BCUT2D eigenvalue weighted by molar-refractivity contribution is 6.31. The fourth-order valence-electron chi connectivity index (χ4n) is 2.19. The van der Waals surface area contributed by atoms with Crippen LogP contribution >= 0.6 is 11.6 Å². The van der Waals surface area contributed by atoms with Crippen molar-refractivity contribution in [1.29, 1.82) is 0 Å². The molecule has 7 heteroatoms. The van der Waals surface area contributed by atoms with Crippen LogP contribution in [0.4, 0.5) is 0 Å². The number of ketones is 1. The predicted molar refractivity (Wildman–Crippen MR) is 92.0 cm³/mol. The molecule has 25 heavy (non-hydrogen) atoms. The highest BCUT2D eigenvalue weighted by Crippen LogP contribution is 2.14. The van der Waals surface area contributed by atoms with Gasteiger partial charge in [0.2, 0.25) is 5.78 Å². The molecule has 1 heterocycles. The van der Waals surface area contributed by atoms with E-state index < -0.39 is 12.1 Å². The van der Waals surface area contributed by atoms with E-state index >= 15 is 0 Å². The Morgan fingerprint density at radius 2 is 1.88 bits per heavy atom. The van der Waals surface area contributed by atoms with Crippen LogP contribution in [-0.4, -0.2) is 32.9 Å². The monoisotopic (exact) mass is 355 g/mol. The van der Waals surface area contributed by atoms with E-state index in [-0.39, 0.29) is 11.5 Å². The molecule has 126 valence electrons. The Morgan fingerprint density at radius 3 is 2.60 bits per heavy atom. The first-order valence-electron chi connectivity index (χ1n) is 7.53. The van der Waals surface area contributed by atoms with Gasteiger partial charge < -0.3 is 4.74 Å². The molecule has 0 spiro atoms. The third kappa shape index (κ3) is 3.92. The Hall–Kier alpha value is -2.99. The standard InChI is InChI=1S/C18H14ClN3O3/c1-12(17(23)13-6-5-7-14(19)10-13)25-18(24)16-11-20-22(21-16)15-8-3-2-4-9-15/h2-12H,1H3. The molecule has 0 saturated heterocycles. The molecule has 0 aliphatic rings. The van der Waals surface area contributed by atoms with E-state index in [1.54, 1.807) is 30.3 Å². The van der Waals surface area contributed by atoms with E-state index in [1.165, 1.54) is 24.0 Å². The summed E-state index contributed by atoms with van der Waals surface area (Å²) in [5, 5.41) is 8.55. The molecule has 1 aromatic heterocycles. The summed E-state index contributed by atoms with van der Waals surface area (Å²) in [6, 6.07) is 15.6. The maximum absolute atomic E-state index is 12.3. The van der Waals surface area contributed by atoms with Crippen molar-refractivity contribution in [2.24, 2.45) is 0 Å². The number of carbonyl (C=O) groups excluding carboxylic acids is 2. The Morgan fingerprint density at radius 1 is 1.12 bits per heavy atom. The lowest BCUT2D eigenvalue weighted by atomic mass is 10.1. The summed E-state index contributed by atoms with van der Waals surface area (Å²) in [5.74, 6) is -1.06. The molecular weight excluding hydrogens is 342 g/mol. The minimum absolute atomic E-state index is 0.0228. The smallest absolute Gasteiger partial charge is 0.361 e. The number of carbonyl (C=O) groups is 2. The van der Waals surface area contributed by atoms with Crippen LogP contribution in [0, 0.1) is 0 Å². The normalized spacial score (nSPS) is 11.8. The summed E-state index contributed by atoms with van der Waals surface area (Å²) in [6.45, 7) is 1.50.